The van der Waals surface area contributed by atoms with Crippen molar-refractivity contribution in [2.75, 3.05) is 40.3 Å². The second-order valence-electron chi connectivity index (χ2n) is 7.29. The fourth-order valence-electron chi connectivity index (χ4n) is 3.67. The number of carbonyl (C=O) groups excluding carboxylic acids is 1. The first-order chi connectivity index (χ1) is 13.6. The van der Waals surface area contributed by atoms with Crippen molar-refractivity contribution < 1.29 is 14.6 Å². The molecule has 1 saturated heterocycles. The van der Waals surface area contributed by atoms with Crippen LogP contribution in [0.4, 0.5) is 4.79 Å². The Morgan fingerprint density at radius 3 is 2.79 bits per heavy atom. The van der Waals surface area contributed by atoms with Crippen LogP contribution < -0.4 is 10.1 Å². The zero-order valence-corrected chi connectivity index (χ0v) is 16.6. The number of phenolic OH excluding ortho intramolecular Hbond substituents is 1. The molecule has 0 saturated carbocycles. The first kappa shape index (κ1) is 20.0. The predicted molar refractivity (Wildman–Crippen MR) is 110 cm³/mol. The van der Waals surface area contributed by atoms with Crippen molar-refractivity contribution in [2.24, 2.45) is 0 Å². The highest BCUT2D eigenvalue weighted by Crippen LogP contribution is 2.27. The van der Waals surface area contributed by atoms with Crippen LogP contribution in [-0.4, -0.2) is 61.3 Å². The summed E-state index contributed by atoms with van der Waals surface area (Å²) in [7, 11) is 3.26. The van der Waals surface area contributed by atoms with Gasteiger partial charge in [-0.1, -0.05) is 36.4 Å². The van der Waals surface area contributed by atoms with Crippen molar-refractivity contribution in [2.45, 2.75) is 18.9 Å². The summed E-state index contributed by atoms with van der Waals surface area (Å²) < 4.78 is 5.04. The number of hydrogen-bond acceptors (Lipinski definition) is 4. The molecule has 6 nitrogen and oxygen atoms in total. The van der Waals surface area contributed by atoms with Gasteiger partial charge in [0.2, 0.25) is 0 Å². The van der Waals surface area contributed by atoms with Gasteiger partial charge in [0.25, 0.3) is 0 Å². The number of amides is 2. The van der Waals surface area contributed by atoms with Gasteiger partial charge in [0.1, 0.15) is 0 Å². The molecule has 1 aliphatic heterocycles. The van der Waals surface area contributed by atoms with Gasteiger partial charge in [0.05, 0.1) is 7.11 Å². The molecule has 0 bridgehead atoms. The van der Waals surface area contributed by atoms with Crippen molar-refractivity contribution in [3.63, 3.8) is 0 Å². The topological polar surface area (TPSA) is 65.0 Å². The van der Waals surface area contributed by atoms with E-state index in [2.05, 4.69) is 40.5 Å². The number of nitrogens with one attached hydrogen (secondary N) is 1. The van der Waals surface area contributed by atoms with Crippen molar-refractivity contribution in [3.8, 4) is 11.5 Å². The molecular weight excluding hydrogens is 354 g/mol. The van der Waals surface area contributed by atoms with Crippen LogP contribution in [0.2, 0.25) is 0 Å². The number of carbonyl (C=O) groups is 1. The van der Waals surface area contributed by atoms with E-state index in [0.29, 0.717) is 24.8 Å². The quantitative estimate of drug-likeness (QED) is 0.771. The van der Waals surface area contributed by atoms with Crippen molar-refractivity contribution in [3.05, 3.63) is 59.7 Å². The molecular formula is C22H29N3O3. The largest absolute Gasteiger partial charge is 0.504 e. The molecule has 2 aromatic carbocycles. The third kappa shape index (κ3) is 5.16. The van der Waals surface area contributed by atoms with Crippen LogP contribution in [0.25, 0.3) is 0 Å². The monoisotopic (exact) mass is 383 g/mol. The molecule has 2 N–H and O–H groups in total. The Morgan fingerprint density at radius 2 is 2.07 bits per heavy atom. The van der Waals surface area contributed by atoms with E-state index in [1.807, 2.05) is 6.07 Å². The summed E-state index contributed by atoms with van der Waals surface area (Å²) >= 11 is 0. The van der Waals surface area contributed by atoms with Gasteiger partial charge in [-0.2, -0.15) is 0 Å². The Bertz CT molecular complexity index is 782. The normalized spacial score (nSPS) is 16.7. The minimum atomic E-state index is -0.117. The smallest absolute Gasteiger partial charge is 0.317 e. The molecule has 1 aliphatic rings. The highest BCUT2D eigenvalue weighted by Gasteiger charge is 2.23. The molecule has 1 fully saturated rings. The van der Waals surface area contributed by atoms with Gasteiger partial charge in [-0.3, -0.25) is 0 Å². The third-order valence-corrected chi connectivity index (χ3v) is 5.26. The average Bonchev–Trinajstić information content (AvgIpc) is 3.17. The summed E-state index contributed by atoms with van der Waals surface area (Å²) in [5.74, 6) is 1.09. The van der Waals surface area contributed by atoms with Crippen molar-refractivity contribution in [1.29, 1.82) is 0 Å². The lowest BCUT2D eigenvalue weighted by Crippen LogP contribution is -2.40. The molecule has 2 aromatic rings. The minimum absolute atomic E-state index is 0.0795. The van der Waals surface area contributed by atoms with Gasteiger partial charge >= 0.3 is 6.03 Å². The van der Waals surface area contributed by atoms with Gasteiger partial charge in [0, 0.05) is 33.2 Å². The fourth-order valence-corrected chi connectivity index (χ4v) is 3.67. The second kappa shape index (κ2) is 9.46. The second-order valence-corrected chi connectivity index (χ2v) is 7.29. The van der Waals surface area contributed by atoms with E-state index in [0.717, 1.165) is 25.2 Å². The van der Waals surface area contributed by atoms with Gasteiger partial charge in [-0.05, 0) is 42.1 Å². The van der Waals surface area contributed by atoms with E-state index >= 15 is 0 Å². The third-order valence-electron chi connectivity index (χ3n) is 5.26. The molecule has 0 radical (unpaired) electrons. The average molecular weight is 383 g/mol. The van der Waals surface area contributed by atoms with Crippen LogP contribution in [-0.2, 0) is 6.54 Å². The summed E-state index contributed by atoms with van der Waals surface area (Å²) in [4.78, 5) is 16.3. The molecule has 0 spiro atoms. The summed E-state index contributed by atoms with van der Waals surface area (Å²) in [6.45, 7) is 4.01. The molecule has 1 heterocycles. The number of phenols is 1. The number of aromatic hydroxyl groups is 1. The van der Waals surface area contributed by atoms with E-state index < -0.39 is 0 Å². The number of benzene rings is 2. The van der Waals surface area contributed by atoms with Gasteiger partial charge in [-0.25, -0.2) is 4.79 Å². The zero-order chi connectivity index (χ0) is 19.9. The van der Waals surface area contributed by atoms with Gasteiger partial charge in [-0.15, -0.1) is 0 Å². The number of hydrogen-bond donors (Lipinski definition) is 2. The summed E-state index contributed by atoms with van der Waals surface area (Å²) in [6.07, 6.45) is 1.17. The van der Waals surface area contributed by atoms with E-state index in [9.17, 15) is 9.90 Å². The maximum absolute atomic E-state index is 12.3. The van der Waals surface area contributed by atoms with E-state index in [1.54, 1.807) is 24.1 Å². The lowest BCUT2D eigenvalue weighted by atomic mass is 9.99. The summed E-state index contributed by atoms with van der Waals surface area (Å²) in [6, 6.07) is 15.7. The van der Waals surface area contributed by atoms with E-state index in [-0.39, 0.29) is 11.8 Å². The molecule has 150 valence electrons. The lowest BCUT2D eigenvalue weighted by molar-refractivity contribution is 0.204. The number of rotatable bonds is 7. The highest BCUT2D eigenvalue weighted by molar-refractivity contribution is 5.73. The summed E-state index contributed by atoms with van der Waals surface area (Å²) in [5, 5.41) is 12.8. The number of nitrogens with zero attached hydrogens (tertiary/aromatic N) is 2. The van der Waals surface area contributed by atoms with E-state index in [1.165, 1.54) is 19.1 Å². The van der Waals surface area contributed by atoms with Crippen LogP contribution in [0.5, 0.6) is 11.5 Å². The SMILES string of the molecule is COc1ccc(CN(C)C(=O)NCCN2CC[C@@H](c3ccccc3)C2)cc1O. The predicted octanol–water partition coefficient (Wildman–Crippen LogP) is 3.03. The van der Waals surface area contributed by atoms with Crippen LogP contribution in [0, 0.1) is 0 Å². The lowest BCUT2D eigenvalue weighted by Gasteiger charge is -2.20. The summed E-state index contributed by atoms with van der Waals surface area (Å²) in [5.41, 5.74) is 2.25. The molecule has 1 atom stereocenters. The number of likely N-dealkylation sites (tertiary alicyclic amines) is 1. The highest BCUT2D eigenvalue weighted by atomic mass is 16.5. The Hall–Kier alpha value is -2.73. The first-order valence-electron chi connectivity index (χ1n) is 9.69. The Labute approximate surface area is 166 Å². The maximum Gasteiger partial charge on any atom is 0.317 e. The number of urea groups is 1. The molecule has 2 amide bonds. The van der Waals surface area contributed by atoms with Crippen LogP contribution in [0.15, 0.2) is 48.5 Å². The minimum Gasteiger partial charge on any atom is -0.504 e. The Morgan fingerprint density at radius 1 is 1.29 bits per heavy atom. The van der Waals surface area contributed by atoms with Crippen molar-refractivity contribution in [1.82, 2.24) is 15.1 Å². The maximum atomic E-state index is 12.3. The molecule has 0 aliphatic carbocycles. The molecule has 0 unspecified atom stereocenters. The fraction of sp³-hybridized carbons (Fsp3) is 0.409. The van der Waals surface area contributed by atoms with Crippen LogP contribution in [0.3, 0.4) is 0 Å². The van der Waals surface area contributed by atoms with Gasteiger partial charge < -0.3 is 25.0 Å². The Kier molecular flexibility index (Phi) is 6.76. The standard InChI is InChI=1S/C22H29N3O3/c1-24(15-17-8-9-21(28-2)20(26)14-17)22(27)23-11-13-25-12-10-19(16-25)18-6-4-3-5-7-18/h3-9,14,19,26H,10-13,15-16H2,1-2H3,(H,23,27)/t19-/m1/s1. The zero-order valence-electron chi connectivity index (χ0n) is 16.6. The van der Waals surface area contributed by atoms with Crippen LogP contribution >= 0.6 is 0 Å². The molecule has 0 aromatic heterocycles. The number of methoxy groups -OCH3 is 1. The molecule has 6 heteroatoms. The van der Waals surface area contributed by atoms with E-state index in [4.69, 9.17) is 4.74 Å². The number of ether oxygens (including phenoxy) is 1. The first-order valence-corrected chi connectivity index (χ1v) is 9.69. The molecule has 3 rings (SSSR count). The van der Waals surface area contributed by atoms with Crippen LogP contribution in [0.1, 0.15) is 23.5 Å². The Balaban J connectivity index is 1.40. The molecule has 28 heavy (non-hydrogen) atoms. The van der Waals surface area contributed by atoms with Gasteiger partial charge in [0.15, 0.2) is 11.5 Å². The van der Waals surface area contributed by atoms with Crippen molar-refractivity contribution >= 4 is 6.03 Å².